The lowest BCUT2D eigenvalue weighted by Gasteiger charge is -2.41. The molecule has 0 saturated carbocycles. The van der Waals surface area contributed by atoms with Crippen LogP contribution in [0.15, 0.2) is 10.2 Å². The zero-order valence-electron chi connectivity index (χ0n) is 16.9. The predicted octanol–water partition coefficient (Wildman–Crippen LogP) is 4.90. The Hall–Kier alpha value is -0.192. The summed E-state index contributed by atoms with van der Waals surface area (Å²) in [7, 11) is -5.73. The Labute approximate surface area is 143 Å². The van der Waals surface area contributed by atoms with Gasteiger partial charge in [0.2, 0.25) is 0 Å². The fraction of sp³-hybridized carbons (Fsp3) is 0.857. The van der Waals surface area contributed by atoms with Gasteiger partial charge in [0.05, 0.1) is 12.4 Å². The number of hydrazone groups is 2. The zero-order chi connectivity index (χ0) is 18.0. The number of hydrogen-bond acceptors (Lipinski definition) is 4. The summed E-state index contributed by atoms with van der Waals surface area (Å²) in [6.45, 7) is 28.3. The smallest absolute Gasteiger partial charge is 0.158 e. The van der Waals surface area contributed by atoms with Crippen LogP contribution in [-0.4, -0.2) is 54.1 Å². The van der Waals surface area contributed by atoms with E-state index in [0.29, 0.717) is 0 Å². The standard InChI is InChI=1S/C14H38N4Si4/c1-19(2,3)17(20(4,5)6)15-13-14-16-18(21(7,8)9)22(10,11)12/h13-14H,1-12H3. The van der Waals surface area contributed by atoms with Crippen molar-refractivity contribution in [1.82, 2.24) is 8.68 Å². The summed E-state index contributed by atoms with van der Waals surface area (Å²) in [6.07, 6.45) is 3.81. The molecule has 0 aromatic heterocycles. The van der Waals surface area contributed by atoms with Crippen LogP contribution < -0.4 is 0 Å². The zero-order valence-corrected chi connectivity index (χ0v) is 20.9. The van der Waals surface area contributed by atoms with E-state index in [0.717, 1.165) is 0 Å². The van der Waals surface area contributed by atoms with Gasteiger partial charge < -0.3 is 8.68 Å². The third-order valence-corrected chi connectivity index (χ3v) is 16.6. The van der Waals surface area contributed by atoms with Crippen LogP contribution in [-0.2, 0) is 0 Å². The largest absolute Gasteiger partial charge is 0.350 e. The highest BCUT2D eigenvalue weighted by Gasteiger charge is 2.34. The van der Waals surface area contributed by atoms with Crippen molar-refractivity contribution < 1.29 is 0 Å². The Morgan fingerprint density at radius 2 is 0.636 bits per heavy atom. The molecule has 4 nitrogen and oxygen atoms in total. The molecule has 130 valence electrons. The molecule has 22 heavy (non-hydrogen) atoms. The predicted molar refractivity (Wildman–Crippen MR) is 114 cm³/mol. The van der Waals surface area contributed by atoms with Crippen molar-refractivity contribution in [3.8, 4) is 0 Å². The minimum absolute atomic E-state index is 1.43. The van der Waals surface area contributed by atoms with Gasteiger partial charge in [0.15, 0.2) is 32.9 Å². The summed E-state index contributed by atoms with van der Waals surface area (Å²) < 4.78 is 4.83. The third kappa shape index (κ3) is 7.38. The van der Waals surface area contributed by atoms with Crippen LogP contribution in [0.2, 0.25) is 78.6 Å². The molecule has 0 atom stereocenters. The lowest BCUT2D eigenvalue weighted by atomic mass is 10.8. The first kappa shape index (κ1) is 21.8. The van der Waals surface area contributed by atoms with Crippen molar-refractivity contribution in [1.29, 1.82) is 0 Å². The van der Waals surface area contributed by atoms with E-state index in [1.54, 1.807) is 0 Å². The molecule has 0 fully saturated rings. The van der Waals surface area contributed by atoms with Gasteiger partial charge in [-0.1, -0.05) is 78.6 Å². The Kier molecular flexibility index (Phi) is 7.08. The third-order valence-electron chi connectivity index (χ3n) is 2.97. The minimum Gasteiger partial charge on any atom is -0.350 e. The van der Waals surface area contributed by atoms with E-state index in [1.165, 1.54) is 0 Å². The maximum atomic E-state index is 4.79. The van der Waals surface area contributed by atoms with Crippen molar-refractivity contribution in [3.05, 3.63) is 0 Å². The van der Waals surface area contributed by atoms with Crippen LogP contribution in [0.25, 0.3) is 0 Å². The maximum absolute atomic E-state index is 4.79. The molecule has 0 aliphatic rings. The average Bonchev–Trinajstić information content (AvgIpc) is 2.14. The molecule has 0 unspecified atom stereocenters. The van der Waals surface area contributed by atoms with Crippen molar-refractivity contribution in [3.63, 3.8) is 0 Å². The monoisotopic (exact) mass is 374 g/mol. The maximum Gasteiger partial charge on any atom is 0.158 e. The second-order valence-electron chi connectivity index (χ2n) is 9.84. The molecule has 0 radical (unpaired) electrons. The summed E-state index contributed by atoms with van der Waals surface area (Å²) in [5.74, 6) is 0. The van der Waals surface area contributed by atoms with Crippen molar-refractivity contribution in [2.24, 2.45) is 10.2 Å². The molecule has 0 aliphatic carbocycles. The van der Waals surface area contributed by atoms with Gasteiger partial charge in [-0.15, -0.1) is 0 Å². The molecule has 0 spiro atoms. The molecule has 0 bridgehead atoms. The van der Waals surface area contributed by atoms with E-state index in [9.17, 15) is 0 Å². The number of nitrogens with zero attached hydrogens (tertiary/aromatic N) is 4. The van der Waals surface area contributed by atoms with Gasteiger partial charge in [-0.3, -0.25) is 0 Å². The van der Waals surface area contributed by atoms with E-state index in [1.807, 2.05) is 12.4 Å². The first-order valence-corrected chi connectivity index (χ1v) is 21.9. The van der Waals surface area contributed by atoms with Gasteiger partial charge in [0, 0.05) is 0 Å². The van der Waals surface area contributed by atoms with Crippen molar-refractivity contribution >= 4 is 45.4 Å². The van der Waals surface area contributed by atoms with Crippen LogP contribution in [0, 0.1) is 0 Å². The van der Waals surface area contributed by atoms with Gasteiger partial charge >= 0.3 is 0 Å². The van der Waals surface area contributed by atoms with Crippen LogP contribution in [0.3, 0.4) is 0 Å². The fourth-order valence-electron chi connectivity index (χ4n) is 2.90. The van der Waals surface area contributed by atoms with Crippen molar-refractivity contribution in [2.75, 3.05) is 0 Å². The second kappa shape index (κ2) is 7.14. The molecule has 8 heteroatoms. The topological polar surface area (TPSA) is 31.2 Å². The van der Waals surface area contributed by atoms with Gasteiger partial charge in [-0.2, -0.15) is 0 Å². The highest BCUT2D eigenvalue weighted by molar-refractivity contribution is 6.90. The molecular formula is C14H38N4Si4. The van der Waals surface area contributed by atoms with Crippen LogP contribution in [0.4, 0.5) is 0 Å². The van der Waals surface area contributed by atoms with Gasteiger partial charge in [0.1, 0.15) is 0 Å². The average molecular weight is 375 g/mol. The van der Waals surface area contributed by atoms with Gasteiger partial charge in [0.25, 0.3) is 0 Å². The SMILES string of the molecule is C[Si](C)(C)N(N=CC=NN([Si](C)(C)C)[Si](C)(C)C)[Si](C)(C)C. The summed E-state index contributed by atoms with van der Waals surface area (Å²) in [5.41, 5.74) is 0. The molecule has 0 aromatic rings. The lowest BCUT2D eigenvalue weighted by molar-refractivity contribution is 0.666. The first-order valence-electron chi connectivity index (χ1n) is 8.14. The summed E-state index contributed by atoms with van der Waals surface area (Å²) >= 11 is 0. The van der Waals surface area contributed by atoms with E-state index in [2.05, 4.69) is 87.2 Å². The molecule has 0 aliphatic heterocycles. The molecule has 0 aromatic carbocycles. The minimum atomic E-state index is -1.43. The first-order chi connectivity index (χ1) is 9.47. The number of rotatable bonds is 7. The molecule has 0 heterocycles. The Balaban J connectivity index is 5.24. The highest BCUT2D eigenvalue weighted by Crippen LogP contribution is 2.20. The van der Waals surface area contributed by atoms with Crippen LogP contribution in [0.5, 0.6) is 0 Å². The van der Waals surface area contributed by atoms with E-state index >= 15 is 0 Å². The van der Waals surface area contributed by atoms with Crippen LogP contribution in [0.1, 0.15) is 0 Å². The quantitative estimate of drug-likeness (QED) is 0.360. The highest BCUT2D eigenvalue weighted by atomic mass is 28.4. The molecule has 0 saturated heterocycles. The normalized spacial score (nSPS) is 14.9. The Morgan fingerprint density at radius 3 is 0.773 bits per heavy atom. The van der Waals surface area contributed by atoms with Crippen molar-refractivity contribution in [2.45, 2.75) is 78.6 Å². The summed E-state index contributed by atoms with van der Waals surface area (Å²) in [6, 6.07) is 0. The van der Waals surface area contributed by atoms with Crippen LogP contribution >= 0.6 is 0 Å². The Morgan fingerprint density at radius 1 is 0.455 bits per heavy atom. The Bertz CT molecular complexity index is 341. The van der Waals surface area contributed by atoms with Gasteiger partial charge in [-0.25, -0.2) is 10.2 Å². The van der Waals surface area contributed by atoms with Gasteiger partial charge in [-0.05, 0) is 0 Å². The second-order valence-corrected chi connectivity index (χ2v) is 29.8. The molecule has 0 rings (SSSR count). The van der Waals surface area contributed by atoms with E-state index < -0.39 is 32.9 Å². The lowest BCUT2D eigenvalue weighted by Crippen LogP contribution is -2.56. The van der Waals surface area contributed by atoms with E-state index in [-0.39, 0.29) is 0 Å². The molecule has 0 amide bonds. The summed E-state index contributed by atoms with van der Waals surface area (Å²) in [5, 5.41) is 9.58. The summed E-state index contributed by atoms with van der Waals surface area (Å²) in [4.78, 5) is 0. The molecular weight excluding hydrogens is 337 g/mol. The van der Waals surface area contributed by atoms with E-state index in [4.69, 9.17) is 10.2 Å². The fourth-order valence-corrected chi connectivity index (χ4v) is 20.7. The molecule has 0 N–H and O–H groups in total. The number of hydrogen-bond donors (Lipinski definition) is 0.